The van der Waals surface area contributed by atoms with E-state index < -0.39 is 0 Å². The molecule has 1 N–H and O–H groups in total. The molecule has 0 unspecified atom stereocenters. The Labute approximate surface area is 64.4 Å². The van der Waals surface area contributed by atoms with Gasteiger partial charge in [0.1, 0.15) is 0 Å². The Hall–Kier alpha value is 0.360. The van der Waals surface area contributed by atoms with Crippen molar-refractivity contribution in [3.05, 3.63) is 23.8 Å². The van der Waals surface area contributed by atoms with E-state index in [0.717, 1.165) is 0 Å². The van der Waals surface area contributed by atoms with Gasteiger partial charge in [-0.2, -0.15) is 0 Å². The number of halogens is 1. The molecule has 1 aliphatic rings. The molecule has 1 heterocycles. The molecule has 0 radical (unpaired) electrons. The number of rotatable bonds is 0. The largest absolute Gasteiger partial charge is 0.333 e. The molecule has 1 aliphatic heterocycles. The van der Waals surface area contributed by atoms with Gasteiger partial charge in [0.25, 0.3) is 0 Å². The summed E-state index contributed by atoms with van der Waals surface area (Å²) in [4.78, 5) is 0. The zero-order valence-corrected chi connectivity index (χ0v) is 6.77. The molecule has 0 saturated carbocycles. The van der Waals surface area contributed by atoms with Gasteiger partial charge in [0, 0.05) is 6.20 Å². The maximum absolute atomic E-state index is 2.93. The van der Waals surface area contributed by atoms with Crippen molar-refractivity contribution in [3.8, 4) is 0 Å². The standard InChI is InChI=1S/C4H5NS.HI/c1-2-4-6-5-3-1;/h1-5H;1H. The summed E-state index contributed by atoms with van der Waals surface area (Å²) in [5, 5.41) is 1.99. The van der Waals surface area contributed by atoms with E-state index in [1.807, 2.05) is 23.8 Å². The van der Waals surface area contributed by atoms with Crippen LogP contribution in [0.2, 0.25) is 0 Å². The smallest absolute Gasteiger partial charge is 0.00756 e. The average Bonchev–Trinajstić information content (AvgIpc) is 1.72. The molecule has 7 heavy (non-hydrogen) atoms. The summed E-state index contributed by atoms with van der Waals surface area (Å²) in [5.74, 6) is 0. The monoisotopic (exact) mass is 227 g/mol. The van der Waals surface area contributed by atoms with Gasteiger partial charge in [-0.25, -0.2) is 0 Å². The molecule has 0 aromatic heterocycles. The SMILES string of the molecule is C1=CNSC=C1.I. The quantitative estimate of drug-likeness (QED) is 0.501. The minimum atomic E-state index is 0. The maximum atomic E-state index is 2.93. The van der Waals surface area contributed by atoms with Crippen LogP contribution in [0.5, 0.6) is 0 Å². The van der Waals surface area contributed by atoms with Crippen LogP contribution >= 0.6 is 35.9 Å². The Morgan fingerprint density at radius 1 is 1.29 bits per heavy atom. The van der Waals surface area contributed by atoms with Crippen molar-refractivity contribution in [1.29, 1.82) is 0 Å². The van der Waals surface area contributed by atoms with E-state index in [0.29, 0.717) is 0 Å². The predicted molar refractivity (Wildman–Crippen MR) is 44.4 cm³/mol. The Kier molecular flexibility index (Phi) is 4.75. The Bertz CT molecular complexity index is 77.7. The zero-order valence-electron chi connectivity index (χ0n) is 3.63. The van der Waals surface area contributed by atoms with E-state index in [1.165, 1.54) is 0 Å². The summed E-state index contributed by atoms with van der Waals surface area (Å²) in [6.45, 7) is 0. The van der Waals surface area contributed by atoms with Gasteiger partial charge in [0.2, 0.25) is 0 Å². The number of hydrogen-bond acceptors (Lipinski definition) is 2. The minimum Gasteiger partial charge on any atom is -0.333 e. The van der Waals surface area contributed by atoms with Gasteiger partial charge in [-0.05, 0) is 23.4 Å². The van der Waals surface area contributed by atoms with Gasteiger partial charge in [-0.1, -0.05) is 6.08 Å². The van der Waals surface area contributed by atoms with E-state index >= 15 is 0 Å². The van der Waals surface area contributed by atoms with Crippen molar-refractivity contribution in [2.75, 3.05) is 0 Å². The first-order valence-corrected chi connectivity index (χ1v) is 2.61. The average molecular weight is 227 g/mol. The summed E-state index contributed by atoms with van der Waals surface area (Å²) in [6, 6.07) is 0. The lowest BCUT2D eigenvalue weighted by molar-refractivity contribution is 1.42. The van der Waals surface area contributed by atoms with Gasteiger partial charge >= 0.3 is 0 Å². The van der Waals surface area contributed by atoms with Crippen molar-refractivity contribution < 1.29 is 0 Å². The first kappa shape index (κ1) is 7.36. The molecule has 3 heteroatoms. The van der Waals surface area contributed by atoms with Gasteiger partial charge < -0.3 is 4.72 Å². The molecule has 0 atom stereocenters. The van der Waals surface area contributed by atoms with Crippen molar-refractivity contribution in [3.63, 3.8) is 0 Å². The third-order valence-electron chi connectivity index (χ3n) is 0.490. The Balaban J connectivity index is 0.000000360. The first-order chi connectivity index (χ1) is 3.00. The highest BCUT2D eigenvalue weighted by Gasteiger charge is 1.74. The van der Waals surface area contributed by atoms with Crippen LogP contribution in [0.3, 0.4) is 0 Å². The fraction of sp³-hybridized carbons (Fsp3) is 0. The van der Waals surface area contributed by atoms with E-state index in [1.54, 1.807) is 11.9 Å². The fourth-order valence-corrected chi connectivity index (χ4v) is 0.663. The van der Waals surface area contributed by atoms with Crippen LogP contribution in [-0.2, 0) is 0 Å². The minimum absolute atomic E-state index is 0. The van der Waals surface area contributed by atoms with Gasteiger partial charge in [0.05, 0.1) is 0 Å². The Morgan fingerprint density at radius 3 is 2.29 bits per heavy atom. The summed E-state index contributed by atoms with van der Waals surface area (Å²) >= 11 is 1.58. The number of hydrogen-bond donors (Lipinski definition) is 1. The second-order valence-corrected chi connectivity index (χ2v) is 1.67. The molecule has 0 aliphatic carbocycles. The molecular weight excluding hydrogens is 221 g/mol. The highest BCUT2D eigenvalue weighted by molar-refractivity contribution is 14.0. The second kappa shape index (κ2) is 4.52. The normalized spacial score (nSPS) is 14.9. The molecule has 0 aromatic carbocycles. The summed E-state index contributed by atoms with van der Waals surface area (Å²) < 4.78 is 2.93. The molecular formula is C4H6INS. The van der Waals surface area contributed by atoms with Crippen molar-refractivity contribution in [1.82, 2.24) is 4.72 Å². The van der Waals surface area contributed by atoms with Crippen molar-refractivity contribution in [2.24, 2.45) is 0 Å². The van der Waals surface area contributed by atoms with E-state index in [4.69, 9.17) is 0 Å². The van der Waals surface area contributed by atoms with Crippen LogP contribution in [0.25, 0.3) is 0 Å². The zero-order chi connectivity index (χ0) is 4.24. The molecule has 0 saturated heterocycles. The summed E-state index contributed by atoms with van der Waals surface area (Å²) in [5.41, 5.74) is 0. The lowest BCUT2D eigenvalue weighted by Crippen LogP contribution is -1.88. The van der Waals surface area contributed by atoms with Gasteiger partial charge in [-0.3, -0.25) is 0 Å². The van der Waals surface area contributed by atoms with Gasteiger partial charge in [-0.15, -0.1) is 24.0 Å². The molecule has 0 fully saturated rings. The third-order valence-corrected chi connectivity index (χ3v) is 1.06. The van der Waals surface area contributed by atoms with E-state index in [9.17, 15) is 0 Å². The molecule has 1 rings (SSSR count). The molecule has 0 bridgehead atoms. The third kappa shape index (κ3) is 2.99. The van der Waals surface area contributed by atoms with Crippen LogP contribution in [0.4, 0.5) is 0 Å². The van der Waals surface area contributed by atoms with Crippen LogP contribution < -0.4 is 4.72 Å². The summed E-state index contributed by atoms with van der Waals surface area (Å²) in [7, 11) is 0. The van der Waals surface area contributed by atoms with Crippen LogP contribution in [0.15, 0.2) is 23.8 Å². The second-order valence-electron chi connectivity index (χ2n) is 0.923. The molecule has 0 spiro atoms. The predicted octanol–water partition coefficient (Wildman–Crippen LogP) is 1.88. The molecule has 0 amide bonds. The number of nitrogens with one attached hydrogen (secondary N) is 1. The fourth-order valence-electron chi connectivity index (χ4n) is 0.258. The maximum Gasteiger partial charge on any atom is 0.00756 e. The van der Waals surface area contributed by atoms with Crippen LogP contribution in [-0.4, -0.2) is 0 Å². The Morgan fingerprint density at radius 2 is 2.14 bits per heavy atom. The van der Waals surface area contributed by atoms with E-state index in [-0.39, 0.29) is 24.0 Å². The molecule has 1 nitrogen and oxygen atoms in total. The lowest BCUT2D eigenvalue weighted by atomic mass is 10.6. The first-order valence-electron chi connectivity index (χ1n) is 1.73. The molecule has 40 valence electrons. The van der Waals surface area contributed by atoms with Gasteiger partial charge in [0.15, 0.2) is 0 Å². The van der Waals surface area contributed by atoms with Crippen molar-refractivity contribution >= 4 is 35.9 Å². The lowest BCUT2D eigenvalue weighted by Gasteiger charge is -1.93. The van der Waals surface area contributed by atoms with Crippen LogP contribution in [0, 0.1) is 0 Å². The van der Waals surface area contributed by atoms with Crippen LogP contribution in [0.1, 0.15) is 0 Å². The summed E-state index contributed by atoms with van der Waals surface area (Å²) in [6.07, 6.45) is 5.84. The molecule has 0 aromatic rings. The van der Waals surface area contributed by atoms with E-state index in [2.05, 4.69) is 4.72 Å². The highest BCUT2D eigenvalue weighted by Crippen LogP contribution is 1.98. The highest BCUT2D eigenvalue weighted by atomic mass is 127. The van der Waals surface area contributed by atoms with Crippen molar-refractivity contribution in [2.45, 2.75) is 0 Å². The number of allylic oxidation sites excluding steroid dienone is 2. The topological polar surface area (TPSA) is 12.0 Å².